The molecule has 12 aromatic rings. The van der Waals surface area contributed by atoms with Crippen molar-refractivity contribution >= 4 is 138 Å². The molecule has 0 saturated heterocycles. The van der Waals surface area contributed by atoms with Crippen LogP contribution in [0, 0.1) is 36.2 Å². The smallest absolute Gasteiger partial charge is 0.358 e. The summed E-state index contributed by atoms with van der Waals surface area (Å²) >= 11 is 3.25. The summed E-state index contributed by atoms with van der Waals surface area (Å²) in [5, 5.41) is 20.3. The van der Waals surface area contributed by atoms with E-state index in [0.717, 1.165) is 59.6 Å². The number of urea groups is 4. The number of terminal acetylenes is 2. The molecule has 0 atom stereocenters. The molecule has 0 fully saturated rings. The van der Waals surface area contributed by atoms with Crippen LogP contribution in [0.15, 0.2) is 175 Å². The van der Waals surface area contributed by atoms with E-state index < -0.39 is 79.2 Å². The third kappa shape index (κ3) is 20.7. The molecule has 12 rings (SSSR count). The van der Waals surface area contributed by atoms with Crippen LogP contribution < -0.4 is 42.5 Å². The summed E-state index contributed by atoms with van der Waals surface area (Å²) in [4.78, 5) is 77.3. The number of benzene rings is 4. The van der Waals surface area contributed by atoms with Gasteiger partial charge in [-0.1, -0.05) is 37.4 Å². The van der Waals surface area contributed by atoms with E-state index in [-0.39, 0.29) is 22.7 Å². The highest BCUT2D eigenvalue weighted by Gasteiger charge is 2.33. The van der Waals surface area contributed by atoms with Crippen molar-refractivity contribution in [1.82, 2.24) is 39.9 Å². The predicted molar refractivity (Wildman–Crippen MR) is 375 cm³/mol. The minimum Gasteiger partial charge on any atom is -0.358 e. The molecule has 8 aromatic heterocycles. The monoisotopic (exact) mass is 1500 g/mol. The van der Waals surface area contributed by atoms with Crippen LogP contribution in [0.4, 0.5) is 117 Å². The zero-order chi connectivity index (χ0) is 74.6. The molecule has 0 aliphatic rings. The van der Waals surface area contributed by atoms with Crippen molar-refractivity contribution in [3.63, 3.8) is 0 Å². The lowest BCUT2D eigenvalue weighted by molar-refractivity contribution is -0.138. The Morgan fingerprint density at radius 1 is 0.359 bits per heavy atom. The summed E-state index contributed by atoms with van der Waals surface area (Å²) in [7, 11) is -1.55. The molecule has 103 heavy (non-hydrogen) atoms. The molecular weight excluding hydrogens is 1450 g/mol. The Morgan fingerprint density at radius 2 is 0.602 bits per heavy atom. The maximum atomic E-state index is 12.6. The van der Waals surface area contributed by atoms with Gasteiger partial charge in [-0.3, -0.25) is 0 Å². The van der Waals surface area contributed by atoms with E-state index in [0.29, 0.717) is 77.5 Å². The molecule has 4 aromatic carbocycles. The first kappa shape index (κ1) is 74.5. The largest absolute Gasteiger partial charge is 0.416 e. The highest BCUT2D eigenvalue weighted by molar-refractivity contribution is 9.10. The van der Waals surface area contributed by atoms with E-state index in [2.05, 4.69) is 141 Å². The van der Waals surface area contributed by atoms with E-state index in [1.165, 1.54) is 48.5 Å². The summed E-state index contributed by atoms with van der Waals surface area (Å²) in [6.45, 7) is 6.40. The molecule has 0 spiro atoms. The lowest BCUT2D eigenvalue weighted by atomic mass is 10.2. The number of carbonyl (C=O) groups excluding carboxylic acids is 4. The van der Waals surface area contributed by atoms with E-state index in [1.54, 1.807) is 67.3 Å². The number of aromatic amines is 4. The van der Waals surface area contributed by atoms with Crippen molar-refractivity contribution in [1.29, 1.82) is 0 Å². The van der Waals surface area contributed by atoms with Crippen LogP contribution in [0.25, 0.3) is 44.1 Å². The molecule has 0 saturated carbocycles. The molecule has 0 aliphatic carbocycles. The van der Waals surface area contributed by atoms with Gasteiger partial charge in [-0.25, -0.2) is 39.1 Å². The molecule has 0 aliphatic heterocycles. The number of aromatic nitrogens is 8. The number of rotatable bonds is 8. The van der Waals surface area contributed by atoms with Gasteiger partial charge in [0.1, 0.15) is 51.8 Å². The number of pyridine rings is 4. The molecule has 12 N–H and O–H groups in total. The highest BCUT2D eigenvalue weighted by Crippen LogP contribution is 2.35. The van der Waals surface area contributed by atoms with Gasteiger partial charge in [0.25, 0.3) is 0 Å². The van der Waals surface area contributed by atoms with Crippen LogP contribution in [-0.2, 0) is 24.7 Å². The zero-order valence-corrected chi connectivity index (χ0v) is 55.7. The molecule has 0 unspecified atom stereocenters. The minimum absolute atomic E-state index is 0.225. The average molecular weight is 1500 g/mol. The molecule has 526 valence electrons. The second kappa shape index (κ2) is 31.2. The lowest BCUT2D eigenvalue weighted by Crippen LogP contribution is -2.19. The average Bonchev–Trinajstić information content (AvgIpc) is 1.71. The molecular formula is C69H51BrF12N16O4Si. The number of carbonyl (C=O) groups is 4. The number of H-pyrrole nitrogens is 4. The maximum Gasteiger partial charge on any atom is 0.416 e. The van der Waals surface area contributed by atoms with Gasteiger partial charge in [0, 0.05) is 47.5 Å². The van der Waals surface area contributed by atoms with Gasteiger partial charge in [-0.2, -0.15) is 52.7 Å². The molecule has 8 heterocycles. The van der Waals surface area contributed by atoms with Gasteiger partial charge >= 0.3 is 48.8 Å². The second-order valence-electron chi connectivity index (χ2n) is 22.5. The minimum atomic E-state index is -4.43. The standard InChI is InChI=1S/C20H19F3N4OSi.2C17H11F3N4O.C15H10BrF3N4O/c1-29(2,3)11-10-15-8-9-16-18(25-15)17(12-24-16)27-19(28)26-14-6-4-13(5-7-14)20(21,22)23;2*1-2-11-7-8-13-15(22-11)14(9-21-13)24-16(25)23-12-5-3-10(4-6-12)17(18,19)20;16-12-6-5-10-13(23-12)11(7-20-10)22-14(24)21-9-3-1-8(2-4-9)15(17,18)19/h4-9,12,24H,1-3H3,(H2,26,27,28);2*1,3-9,21H,(H2,23,24,25);1-7,20H,(H2,21,22,24). The predicted octanol–water partition coefficient (Wildman–Crippen LogP) is 18.9. The van der Waals surface area contributed by atoms with Gasteiger partial charge in [-0.15, -0.1) is 18.4 Å². The summed E-state index contributed by atoms with van der Waals surface area (Å²) in [5.74, 6) is 7.87. The van der Waals surface area contributed by atoms with Crippen LogP contribution in [0.2, 0.25) is 19.6 Å². The molecule has 34 heteroatoms. The number of alkyl halides is 12. The number of nitrogens with zero attached hydrogens (tertiary/aromatic N) is 4. The fourth-order valence-corrected chi connectivity index (χ4v) is 9.76. The summed E-state index contributed by atoms with van der Waals surface area (Å²) in [5.41, 5.74) is 9.08. The van der Waals surface area contributed by atoms with E-state index in [1.807, 2.05) is 6.07 Å². The third-order valence-corrected chi connectivity index (χ3v) is 15.1. The molecule has 8 amide bonds. The zero-order valence-electron chi connectivity index (χ0n) is 53.2. The molecule has 0 bridgehead atoms. The first-order valence-electron chi connectivity index (χ1n) is 29.6. The Hall–Kier alpha value is -12.7. The number of amides is 8. The van der Waals surface area contributed by atoms with E-state index >= 15 is 0 Å². The quantitative estimate of drug-likeness (QED) is 0.0300. The fourth-order valence-electron chi connectivity index (χ4n) is 8.94. The Balaban J connectivity index is 0.000000160. The van der Waals surface area contributed by atoms with Crippen molar-refractivity contribution in [2.45, 2.75) is 44.3 Å². The number of fused-ring (bicyclic) bond motifs is 4. The number of anilines is 8. The Kier molecular flexibility index (Phi) is 22.6. The number of hydrogen-bond acceptors (Lipinski definition) is 8. The van der Waals surface area contributed by atoms with Crippen LogP contribution in [-0.4, -0.2) is 72.1 Å². The Morgan fingerprint density at radius 3 is 0.854 bits per heavy atom. The SMILES string of the molecule is C#Cc1ccc2[nH]cc(NC(=O)Nc3ccc(C(F)(F)F)cc3)c2n1.C#Cc1ccc2[nH]cc(NC(=O)Nc3ccc(C(F)(F)F)cc3)c2n1.C[Si](C)(C)C#Cc1ccc2[nH]cc(NC(=O)Nc3ccc(C(F)(F)F)cc3)c2n1.O=C(Nc1ccc(C(F)(F)F)cc1)Nc1c[nH]c2ccc(Br)nc12. The summed E-state index contributed by atoms with van der Waals surface area (Å²) in [6, 6.07) is 28.2. The van der Waals surface area contributed by atoms with Crippen LogP contribution in [0.5, 0.6) is 0 Å². The van der Waals surface area contributed by atoms with Crippen LogP contribution in [0.1, 0.15) is 39.3 Å². The van der Waals surface area contributed by atoms with Gasteiger partial charge in [0.2, 0.25) is 0 Å². The van der Waals surface area contributed by atoms with Gasteiger partial charge < -0.3 is 62.5 Å². The lowest BCUT2D eigenvalue weighted by Gasteiger charge is -2.09. The summed E-state index contributed by atoms with van der Waals surface area (Å²) in [6.07, 6.45) is -0.812. The number of halogens is 13. The molecule has 20 nitrogen and oxygen atoms in total. The Labute approximate surface area is 584 Å². The first-order valence-corrected chi connectivity index (χ1v) is 33.9. The van der Waals surface area contributed by atoms with Gasteiger partial charge in [0.05, 0.1) is 67.1 Å². The van der Waals surface area contributed by atoms with E-state index in [9.17, 15) is 71.9 Å². The van der Waals surface area contributed by atoms with Crippen molar-refractivity contribution in [3.05, 3.63) is 214 Å². The third-order valence-electron chi connectivity index (χ3n) is 13.8. The maximum absolute atomic E-state index is 12.6. The van der Waals surface area contributed by atoms with Crippen LogP contribution >= 0.6 is 15.9 Å². The number of hydrogen-bond donors (Lipinski definition) is 12. The van der Waals surface area contributed by atoms with Gasteiger partial charge in [-0.05, 0) is 162 Å². The normalized spacial score (nSPS) is 11.4. The fraction of sp³-hybridized carbons (Fsp3) is 0.101. The Bertz CT molecular complexity index is 5070. The van der Waals surface area contributed by atoms with Crippen molar-refractivity contribution in [2.24, 2.45) is 0 Å². The van der Waals surface area contributed by atoms with Crippen molar-refractivity contribution in [3.8, 4) is 36.2 Å². The summed E-state index contributed by atoms with van der Waals surface area (Å²) < 4.78 is 151. The second-order valence-corrected chi connectivity index (χ2v) is 28.1. The van der Waals surface area contributed by atoms with Crippen molar-refractivity contribution < 1.29 is 71.9 Å². The molecule has 0 radical (unpaired) electrons. The van der Waals surface area contributed by atoms with E-state index in [4.69, 9.17) is 12.8 Å². The highest BCUT2D eigenvalue weighted by atomic mass is 79.9. The van der Waals surface area contributed by atoms with Crippen molar-refractivity contribution in [2.75, 3.05) is 42.5 Å². The first-order chi connectivity index (χ1) is 48.6. The van der Waals surface area contributed by atoms with Crippen LogP contribution in [0.3, 0.4) is 0 Å². The number of nitrogens with one attached hydrogen (secondary N) is 12. The topological polar surface area (TPSA) is 279 Å². The van der Waals surface area contributed by atoms with Gasteiger partial charge in [0.15, 0.2) is 0 Å².